The lowest BCUT2D eigenvalue weighted by Crippen LogP contribution is -2.11. The summed E-state index contributed by atoms with van der Waals surface area (Å²) in [7, 11) is 0. The number of fused-ring (bicyclic) bond motifs is 8. The van der Waals surface area contributed by atoms with Gasteiger partial charge in [0.2, 0.25) is 11.6 Å². The van der Waals surface area contributed by atoms with Crippen molar-refractivity contribution in [3.8, 4) is 45.3 Å². The monoisotopic (exact) mass is 1080 g/mol. The molecule has 0 aromatic heterocycles. The molecule has 0 spiro atoms. The van der Waals surface area contributed by atoms with Crippen molar-refractivity contribution in [2.45, 2.75) is 79.1 Å². The van der Waals surface area contributed by atoms with Crippen LogP contribution in [0.1, 0.15) is 97.9 Å². The third-order valence-corrected chi connectivity index (χ3v) is 12.1. The van der Waals surface area contributed by atoms with Gasteiger partial charge in [0.25, 0.3) is 0 Å². The lowest BCUT2D eigenvalue weighted by atomic mass is 9.88. The van der Waals surface area contributed by atoms with E-state index < -0.39 is 69.3 Å². The van der Waals surface area contributed by atoms with Gasteiger partial charge in [-0.05, 0) is 108 Å². The Hall–Kier alpha value is -5.22. The van der Waals surface area contributed by atoms with Crippen LogP contribution < -0.4 is 18.9 Å². The van der Waals surface area contributed by atoms with Crippen LogP contribution in [0.4, 0.5) is 43.9 Å². The molecule has 1 aliphatic carbocycles. The van der Waals surface area contributed by atoms with E-state index in [4.69, 9.17) is 18.9 Å². The lowest BCUT2D eigenvalue weighted by molar-refractivity contribution is 0.304. The van der Waals surface area contributed by atoms with Gasteiger partial charge in [-0.15, -0.1) is 0 Å². The van der Waals surface area contributed by atoms with Crippen LogP contribution in [0, 0.1) is 58.2 Å². The van der Waals surface area contributed by atoms with Crippen LogP contribution >= 0.6 is 31.9 Å². The summed E-state index contributed by atoms with van der Waals surface area (Å²) in [5.74, 6) is -20.0. The van der Waals surface area contributed by atoms with E-state index in [0.29, 0.717) is 90.6 Å². The van der Waals surface area contributed by atoms with E-state index in [1.807, 2.05) is 27.7 Å². The Balaban J connectivity index is 1.63. The van der Waals surface area contributed by atoms with Gasteiger partial charge < -0.3 is 18.9 Å². The Morgan fingerprint density at radius 2 is 0.515 bits per heavy atom. The first kappa shape index (κ1) is 50.7. The first-order valence-corrected chi connectivity index (χ1v) is 23.6. The number of ether oxygens (including phenoxy) is 4. The Labute approximate surface area is 403 Å². The molecule has 7 rings (SSSR count). The summed E-state index contributed by atoms with van der Waals surface area (Å²) in [5.41, 5.74) is 0.139. The molecular formula is C52H44Br2F10O4. The summed E-state index contributed by atoms with van der Waals surface area (Å²) in [6.07, 6.45) is 1.72. The van der Waals surface area contributed by atoms with Crippen LogP contribution in [0.5, 0.6) is 23.0 Å². The average molecular weight is 1080 g/mol. The minimum Gasteiger partial charge on any atom is -0.493 e. The molecule has 0 amide bonds. The van der Waals surface area contributed by atoms with E-state index >= 15 is 17.6 Å². The van der Waals surface area contributed by atoms with Crippen LogP contribution in [-0.4, -0.2) is 26.4 Å². The van der Waals surface area contributed by atoms with E-state index in [1.54, 1.807) is 24.3 Å². The van der Waals surface area contributed by atoms with Crippen molar-refractivity contribution < 1.29 is 62.9 Å². The summed E-state index contributed by atoms with van der Waals surface area (Å²) in [6.45, 7) is 8.19. The molecule has 8 bridgehead atoms. The summed E-state index contributed by atoms with van der Waals surface area (Å²) < 4.78 is 179. The molecule has 68 heavy (non-hydrogen) atoms. The molecule has 0 atom stereocenters. The smallest absolute Gasteiger partial charge is 0.200 e. The van der Waals surface area contributed by atoms with Gasteiger partial charge in [-0.3, -0.25) is 0 Å². The second kappa shape index (κ2) is 21.6. The van der Waals surface area contributed by atoms with Crippen LogP contribution in [0.3, 0.4) is 0 Å². The highest BCUT2D eigenvalue weighted by molar-refractivity contribution is 9.10. The van der Waals surface area contributed by atoms with Crippen molar-refractivity contribution in [2.24, 2.45) is 0 Å². The summed E-state index contributed by atoms with van der Waals surface area (Å²) in [5, 5.41) is 0. The molecule has 4 nitrogen and oxygen atoms in total. The molecular weight excluding hydrogens is 1040 g/mol. The van der Waals surface area contributed by atoms with Crippen molar-refractivity contribution in [1.82, 2.24) is 0 Å². The molecule has 0 saturated carbocycles. The number of hydrogen-bond donors (Lipinski definition) is 0. The fourth-order valence-electron chi connectivity index (χ4n) is 8.37. The van der Waals surface area contributed by atoms with E-state index in [2.05, 4.69) is 31.9 Å². The minimum atomic E-state index is -2.31. The molecule has 0 N–H and O–H groups in total. The molecule has 6 aromatic rings. The molecule has 360 valence electrons. The van der Waals surface area contributed by atoms with Crippen LogP contribution in [-0.2, 0) is 25.7 Å². The highest BCUT2D eigenvalue weighted by Gasteiger charge is 2.31. The van der Waals surface area contributed by atoms with Gasteiger partial charge in [0.1, 0.15) is 23.0 Å². The molecule has 0 saturated heterocycles. The Morgan fingerprint density at radius 1 is 0.324 bits per heavy atom. The van der Waals surface area contributed by atoms with Gasteiger partial charge >= 0.3 is 0 Å². The predicted octanol–water partition coefficient (Wildman–Crippen LogP) is 15.8. The first-order valence-electron chi connectivity index (χ1n) is 22.0. The van der Waals surface area contributed by atoms with Crippen LogP contribution in [0.2, 0.25) is 0 Å². The standard InChI is InChI=1S/C52H44Br2F10O4/c1-5-9-65-49-27-13-25(37-39(55)43(59)47(63)44(60)40(37)56)14-28(49)18-32-22-36(54)24-34(52(32)68-12-8-4)20-30-16-26(38-41(57)45(61)48(64)46(62)42(38)58)15-29(50(30)66-10-6-2)19-33-23-35(53)21-31(17-27)51(33)67-11-7-3/h13-16,21-24H,5-12,17-20H2,1-4H3. The zero-order valence-electron chi connectivity index (χ0n) is 37.3. The topological polar surface area (TPSA) is 36.9 Å². The average Bonchev–Trinajstić information content (AvgIpc) is 3.30. The quantitative estimate of drug-likeness (QED) is 0.0618. The Kier molecular flexibility index (Phi) is 16.1. The summed E-state index contributed by atoms with van der Waals surface area (Å²) in [4.78, 5) is 0. The normalized spacial score (nSPS) is 12.4. The number of hydrogen-bond acceptors (Lipinski definition) is 4. The highest BCUT2D eigenvalue weighted by Crippen LogP contribution is 2.45. The Bertz CT molecular complexity index is 2560. The molecule has 16 heteroatoms. The molecule has 0 radical (unpaired) electrons. The molecule has 0 aliphatic heterocycles. The second-order valence-electron chi connectivity index (χ2n) is 16.3. The van der Waals surface area contributed by atoms with Crippen molar-refractivity contribution in [3.63, 3.8) is 0 Å². The van der Waals surface area contributed by atoms with E-state index in [0.717, 1.165) is 0 Å². The molecule has 1 aliphatic rings. The van der Waals surface area contributed by atoms with Crippen molar-refractivity contribution in [3.05, 3.63) is 160 Å². The fourth-order valence-corrected chi connectivity index (χ4v) is 9.47. The van der Waals surface area contributed by atoms with Crippen molar-refractivity contribution >= 4 is 31.9 Å². The lowest BCUT2D eigenvalue weighted by Gasteiger charge is -2.24. The molecule has 0 unspecified atom stereocenters. The molecule has 0 fully saturated rings. The zero-order chi connectivity index (χ0) is 49.1. The first-order chi connectivity index (χ1) is 32.5. The predicted molar refractivity (Wildman–Crippen MR) is 246 cm³/mol. The highest BCUT2D eigenvalue weighted by atomic mass is 79.9. The number of halogens is 12. The molecule has 6 aromatic carbocycles. The second-order valence-corrected chi connectivity index (χ2v) is 18.2. The van der Waals surface area contributed by atoms with Gasteiger partial charge in [-0.1, -0.05) is 59.6 Å². The maximum Gasteiger partial charge on any atom is 0.200 e. The molecule has 0 heterocycles. The maximum atomic E-state index is 15.8. The zero-order valence-corrected chi connectivity index (χ0v) is 40.4. The van der Waals surface area contributed by atoms with Crippen molar-refractivity contribution in [1.29, 1.82) is 0 Å². The van der Waals surface area contributed by atoms with Gasteiger partial charge in [0, 0.05) is 56.9 Å². The van der Waals surface area contributed by atoms with E-state index in [-0.39, 0.29) is 74.7 Å². The van der Waals surface area contributed by atoms with Gasteiger partial charge in [-0.2, -0.15) is 0 Å². The van der Waals surface area contributed by atoms with Crippen molar-refractivity contribution in [2.75, 3.05) is 26.4 Å². The van der Waals surface area contributed by atoms with Crippen LogP contribution in [0.15, 0.2) is 57.5 Å². The van der Waals surface area contributed by atoms with Gasteiger partial charge in [0.05, 0.1) is 37.6 Å². The number of rotatable bonds is 14. The third kappa shape index (κ3) is 10.1. The Morgan fingerprint density at radius 3 is 0.721 bits per heavy atom. The van der Waals surface area contributed by atoms with E-state index in [1.165, 1.54) is 24.3 Å². The van der Waals surface area contributed by atoms with Gasteiger partial charge in [-0.25, -0.2) is 43.9 Å². The van der Waals surface area contributed by atoms with Crippen LogP contribution in [0.25, 0.3) is 22.3 Å². The number of benzene rings is 6. The van der Waals surface area contributed by atoms with Gasteiger partial charge in [0.15, 0.2) is 46.5 Å². The minimum absolute atomic E-state index is 0.0985. The largest absolute Gasteiger partial charge is 0.493 e. The van der Waals surface area contributed by atoms with E-state index in [9.17, 15) is 26.3 Å². The summed E-state index contributed by atoms with van der Waals surface area (Å²) >= 11 is 7.20. The fraction of sp³-hybridized carbons (Fsp3) is 0.308. The maximum absolute atomic E-state index is 15.8. The third-order valence-electron chi connectivity index (χ3n) is 11.2. The summed E-state index contributed by atoms with van der Waals surface area (Å²) in [6, 6.07) is 12.2. The SMILES string of the molecule is CCCOc1c2cc(Br)cc1Cc1cc(-c3c(F)c(F)c(F)c(F)c3F)cc(c1OCCC)Cc1cc(Br)cc(c1OCCC)Cc1cc(-c3c(F)c(F)c(F)c(F)c3F)cc(c1OCCC)C2.